The summed E-state index contributed by atoms with van der Waals surface area (Å²) in [6, 6.07) is 9.10. The van der Waals surface area contributed by atoms with Crippen LogP contribution < -0.4 is 5.55 Å². The van der Waals surface area contributed by atoms with E-state index < -0.39 is 0 Å². The Kier molecular flexibility index (Phi) is 3.05. The van der Waals surface area contributed by atoms with E-state index in [9.17, 15) is 4.79 Å². The normalized spacial score (nSPS) is 15.7. The monoisotopic (exact) mass is 258 g/mol. The lowest BCUT2D eigenvalue weighted by Crippen LogP contribution is -2.42. The maximum atomic E-state index is 12.4. The number of amides is 1. The average molecular weight is 258 g/mol. The number of hydrogen-bond acceptors (Lipinski definition) is 4. The van der Waals surface area contributed by atoms with Crippen LogP contribution in [0.25, 0.3) is 11.0 Å². The summed E-state index contributed by atoms with van der Waals surface area (Å²) in [6.45, 7) is 2.21. The number of carbonyl (C=O) groups is 1. The summed E-state index contributed by atoms with van der Waals surface area (Å²) in [5.74, 6) is -0.164. The van der Waals surface area contributed by atoms with E-state index in [2.05, 4.69) is 0 Å². The molecule has 0 spiro atoms. The first-order valence-electron chi connectivity index (χ1n) is 6.20. The number of fused-ring (bicyclic) bond motifs is 1. The lowest BCUT2D eigenvalue weighted by molar-refractivity contribution is 0.0299. The van der Waals surface area contributed by atoms with Gasteiger partial charge in [0.1, 0.15) is 11.1 Å². The van der Waals surface area contributed by atoms with Crippen LogP contribution in [0.2, 0.25) is 0 Å². The van der Waals surface area contributed by atoms with E-state index in [1.54, 1.807) is 17.0 Å². The van der Waals surface area contributed by atoms with Crippen molar-refractivity contribution in [1.82, 2.24) is 4.90 Å². The van der Waals surface area contributed by atoms with E-state index >= 15 is 0 Å². The summed E-state index contributed by atoms with van der Waals surface area (Å²) >= 11 is 0. The zero-order valence-corrected chi connectivity index (χ0v) is 10.4. The quantitative estimate of drug-likeness (QED) is 0.840. The Bertz CT molecular complexity index is 672. The number of para-hydroxylation sites is 1. The Hall–Kier alpha value is -2.14. The Morgan fingerprint density at radius 1 is 1.21 bits per heavy atom. The zero-order valence-electron chi connectivity index (χ0n) is 10.4. The van der Waals surface area contributed by atoms with E-state index in [4.69, 9.17) is 14.6 Å². The van der Waals surface area contributed by atoms with Gasteiger partial charge in [0.15, 0.2) is 0 Å². The van der Waals surface area contributed by atoms with Gasteiger partial charge in [-0.2, -0.15) is 0 Å². The van der Waals surface area contributed by atoms with Crippen LogP contribution in [0.15, 0.2) is 34.7 Å². The van der Waals surface area contributed by atoms with Gasteiger partial charge in [-0.3, -0.25) is 10.2 Å². The highest BCUT2D eigenvalue weighted by molar-refractivity contribution is 5.96. The molecule has 0 saturated carbocycles. The van der Waals surface area contributed by atoms with Gasteiger partial charge in [-0.05, 0) is 12.1 Å². The van der Waals surface area contributed by atoms with Crippen molar-refractivity contribution in [2.45, 2.75) is 0 Å². The SMILES string of the molecule is N=c1oc2ccccc2cc1C(=O)N1CCOCC1. The van der Waals surface area contributed by atoms with Crippen LogP contribution >= 0.6 is 0 Å². The molecule has 0 bridgehead atoms. The van der Waals surface area contributed by atoms with Crippen LogP contribution in [0.5, 0.6) is 0 Å². The highest BCUT2D eigenvalue weighted by Crippen LogP contribution is 2.14. The molecule has 1 aromatic carbocycles. The number of nitrogens with zero attached hydrogens (tertiary/aromatic N) is 1. The Labute approximate surface area is 109 Å². The van der Waals surface area contributed by atoms with Gasteiger partial charge in [-0.25, -0.2) is 0 Å². The highest BCUT2D eigenvalue weighted by atomic mass is 16.5. The molecule has 1 aromatic heterocycles. The minimum absolute atomic E-state index is 0.0878. The molecule has 1 fully saturated rings. The predicted molar refractivity (Wildman–Crippen MR) is 68.8 cm³/mol. The van der Waals surface area contributed by atoms with E-state index in [-0.39, 0.29) is 11.5 Å². The van der Waals surface area contributed by atoms with Crippen molar-refractivity contribution in [2.24, 2.45) is 0 Å². The van der Waals surface area contributed by atoms with E-state index in [1.165, 1.54) is 0 Å². The third-order valence-corrected chi connectivity index (χ3v) is 3.20. The third kappa shape index (κ3) is 2.24. The van der Waals surface area contributed by atoms with Crippen LogP contribution in [0.4, 0.5) is 0 Å². The number of ether oxygens (including phenoxy) is 1. The van der Waals surface area contributed by atoms with Gasteiger partial charge in [0.2, 0.25) is 5.55 Å². The number of nitrogens with one attached hydrogen (secondary N) is 1. The fourth-order valence-corrected chi connectivity index (χ4v) is 2.17. The number of benzene rings is 1. The van der Waals surface area contributed by atoms with Gasteiger partial charge in [0.25, 0.3) is 5.91 Å². The van der Waals surface area contributed by atoms with E-state index in [0.29, 0.717) is 37.4 Å². The fourth-order valence-electron chi connectivity index (χ4n) is 2.17. The molecule has 5 nitrogen and oxygen atoms in total. The van der Waals surface area contributed by atoms with Crippen molar-refractivity contribution in [2.75, 3.05) is 26.3 Å². The topological polar surface area (TPSA) is 66.5 Å². The van der Waals surface area contributed by atoms with Crippen molar-refractivity contribution in [3.05, 3.63) is 41.4 Å². The maximum absolute atomic E-state index is 12.4. The lowest BCUT2D eigenvalue weighted by atomic mass is 10.1. The largest absolute Gasteiger partial charge is 0.438 e. The Morgan fingerprint density at radius 2 is 1.95 bits per heavy atom. The van der Waals surface area contributed by atoms with Crippen LogP contribution in [-0.4, -0.2) is 37.1 Å². The van der Waals surface area contributed by atoms with Gasteiger partial charge < -0.3 is 14.1 Å². The van der Waals surface area contributed by atoms with Crippen molar-refractivity contribution < 1.29 is 13.9 Å². The summed E-state index contributed by atoms with van der Waals surface area (Å²) in [5, 5.41) is 8.69. The Morgan fingerprint density at radius 3 is 2.74 bits per heavy atom. The highest BCUT2D eigenvalue weighted by Gasteiger charge is 2.21. The average Bonchev–Trinajstić information content (AvgIpc) is 2.47. The smallest absolute Gasteiger partial charge is 0.259 e. The molecular weight excluding hydrogens is 244 g/mol. The zero-order chi connectivity index (χ0) is 13.2. The van der Waals surface area contributed by atoms with E-state index in [0.717, 1.165) is 5.39 Å². The van der Waals surface area contributed by atoms with Gasteiger partial charge in [-0.15, -0.1) is 0 Å². The molecule has 0 radical (unpaired) electrons. The second-order valence-corrected chi connectivity index (χ2v) is 4.43. The molecule has 1 aliphatic heterocycles. The maximum Gasteiger partial charge on any atom is 0.259 e. The van der Waals surface area contributed by atoms with Crippen molar-refractivity contribution in [3.63, 3.8) is 0 Å². The summed E-state index contributed by atoms with van der Waals surface area (Å²) in [6.07, 6.45) is 0. The van der Waals surface area contributed by atoms with Gasteiger partial charge in [0.05, 0.1) is 13.2 Å². The van der Waals surface area contributed by atoms with E-state index in [1.807, 2.05) is 18.2 Å². The number of rotatable bonds is 1. The first-order valence-corrected chi connectivity index (χ1v) is 6.20. The number of carbonyl (C=O) groups excluding carboxylic acids is 1. The molecule has 0 aliphatic carbocycles. The third-order valence-electron chi connectivity index (χ3n) is 3.20. The van der Waals surface area contributed by atoms with Gasteiger partial charge in [0, 0.05) is 18.5 Å². The second kappa shape index (κ2) is 4.85. The minimum atomic E-state index is -0.164. The minimum Gasteiger partial charge on any atom is -0.438 e. The first kappa shape index (κ1) is 11.9. The fraction of sp³-hybridized carbons (Fsp3) is 0.286. The second-order valence-electron chi connectivity index (χ2n) is 4.43. The summed E-state index contributed by atoms with van der Waals surface area (Å²) in [5.41, 5.74) is 0.835. The van der Waals surface area contributed by atoms with Crippen molar-refractivity contribution in [1.29, 1.82) is 5.41 Å². The molecule has 2 heterocycles. The molecule has 98 valence electrons. The molecule has 1 saturated heterocycles. The lowest BCUT2D eigenvalue weighted by Gasteiger charge is -2.26. The molecule has 1 N–H and O–H groups in total. The molecule has 2 aromatic rings. The number of hydrogen-bond donors (Lipinski definition) is 1. The van der Waals surface area contributed by atoms with Crippen molar-refractivity contribution >= 4 is 16.9 Å². The molecule has 1 aliphatic rings. The Balaban J connectivity index is 2.01. The van der Waals surface area contributed by atoms with Crippen LogP contribution in [0.1, 0.15) is 10.4 Å². The standard InChI is InChI=1S/C14H14N2O3/c15-13-11(14(17)16-5-7-18-8-6-16)9-10-3-1-2-4-12(10)19-13/h1-4,9,15H,5-8H2. The molecule has 5 heteroatoms. The molecule has 0 atom stereocenters. The van der Waals surface area contributed by atoms with Crippen LogP contribution in [0.3, 0.4) is 0 Å². The first-order chi connectivity index (χ1) is 9.25. The van der Waals surface area contributed by atoms with Gasteiger partial charge in [-0.1, -0.05) is 18.2 Å². The number of morpholine rings is 1. The summed E-state index contributed by atoms with van der Waals surface area (Å²) in [7, 11) is 0. The molecule has 3 rings (SSSR count). The molecule has 1 amide bonds. The van der Waals surface area contributed by atoms with Gasteiger partial charge >= 0.3 is 0 Å². The van der Waals surface area contributed by atoms with Crippen molar-refractivity contribution in [3.8, 4) is 0 Å². The van der Waals surface area contributed by atoms with Crippen LogP contribution in [0, 0.1) is 5.41 Å². The summed E-state index contributed by atoms with van der Waals surface area (Å²) < 4.78 is 10.6. The molecular formula is C14H14N2O3. The van der Waals surface area contributed by atoms with Crippen LogP contribution in [-0.2, 0) is 4.74 Å². The molecule has 0 unspecified atom stereocenters. The summed E-state index contributed by atoms with van der Waals surface area (Å²) in [4.78, 5) is 14.1. The molecule has 19 heavy (non-hydrogen) atoms. The predicted octanol–water partition coefficient (Wildman–Crippen LogP) is 1.38.